The van der Waals surface area contributed by atoms with Gasteiger partial charge in [0.2, 0.25) is 0 Å². The zero-order valence-electron chi connectivity index (χ0n) is 6.98. The van der Waals surface area contributed by atoms with Crippen LogP contribution in [0.1, 0.15) is 17.7 Å². The molecule has 0 amide bonds. The van der Waals surface area contributed by atoms with Gasteiger partial charge in [-0.1, -0.05) is 0 Å². The van der Waals surface area contributed by atoms with Gasteiger partial charge in [0.15, 0.2) is 0 Å². The third kappa shape index (κ3) is 0.750. The molecule has 2 N–H and O–H groups in total. The molecule has 1 aromatic rings. The van der Waals surface area contributed by atoms with Crippen LogP contribution in [0.2, 0.25) is 0 Å². The van der Waals surface area contributed by atoms with E-state index in [2.05, 4.69) is 16.4 Å². The number of H-pyrrole nitrogens is 1. The minimum absolute atomic E-state index is 1.12. The molecular formula is C10H12N2. The molecule has 2 heteroatoms. The van der Waals surface area contributed by atoms with Gasteiger partial charge in [0, 0.05) is 37.0 Å². The lowest BCUT2D eigenvalue weighted by atomic mass is 9.95. The van der Waals surface area contributed by atoms with E-state index in [9.17, 15) is 0 Å². The number of fused-ring (bicyclic) bond motifs is 1. The first kappa shape index (κ1) is 6.35. The lowest BCUT2D eigenvalue weighted by molar-refractivity contribution is 0.847. The van der Waals surface area contributed by atoms with Gasteiger partial charge in [-0.15, -0.1) is 0 Å². The number of rotatable bonds is 0. The van der Waals surface area contributed by atoms with Crippen LogP contribution in [-0.4, -0.2) is 11.5 Å². The molecule has 0 saturated heterocycles. The van der Waals surface area contributed by atoms with Gasteiger partial charge in [0.25, 0.3) is 0 Å². The SMILES string of the molecule is c1cc2c([nH]1)CC1=C(C2)NCC1. The van der Waals surface area contributed by atoms with Crippen LogP contribution in [0.4, 0.5) is 0 Å². The first-order valence-electron chi connectivity index (χ1n) is 4.53. The summed E-state index contributed by atoms with van der Waals surface area (Å²) in [6.45, 7) is 1.15. The van der Waals surface area contributed by atoms with E-state index in [0.717, 1.165) is 19.4 Å². The first-order valence-corrected chi connectivity index (χ1v) is 4.53. The topological polar surface area (TPSA) is 27.8 Å². The van der Waals surface area contributed by atoms with Gasteiger partial charge in [-0.3, -0.25) is 0 Å². The molecule has 0 bridgehead atoms. The van der Waals surface area contributed by atoms with Crippen LogP contribution in [0.5, 0.6) is 0 Å². The van der Waals surface area contributed by atoms with Crippen LogP contribution in [0.3, 0.4) is 0 Å². The third-order valence-electron chi connectivity index (χ3n) is 2.88. The molecule has 62 valence electrons. The van der Waals surface area contributed by atoms with Crippen molar-refractivity contribution in [1.82, 2.24) is 10.3 Å². The van der Waals surface area contributed by atoms with Crippen molar-refractivity contribution in [3.63, 3.8) is 0 Å². The maximum atomic E-state index is 3.45. The van der Waals surface area contributed by atoms with Crippen LogP contribution in [-0.2, 0) is 12.8 Å². The second kappa shape index (κ2) is 2.16. The Labute approximate surface area is 71.7 Å². The van der Waals surface area contributed by atoms with Crippen molar-refractivity contribution in [1.29, 1.82) is 0 Å². The molecule has 1 aliphatic heterocycles. The second-order valence-electron chi connectivity index (χ2n) is 3.59. The minimum atomic E-state index is 1.12. The van der Waals surface area contributed by atoms with Crippen LogP contribution in [0.25, 0.3) is 0 Å². The van der Waals surface area contributed by atoms with Crippen molar-refractivity contribution in [3.05, 3.63) is 34.8 Å². The number of allylic oxidation sites excluding steroid dienone is 1. The zero-order valence-corrected chi connectivity index (χ0v) is 6.98. The highest BCUT2D eigenvalue weighted by atomic mass is 14.9. The predicted molar refractivity (Wildman–Crippen MR) is 47.8 cm³/mol. The maximum Gasteiger partial charge on any atom is 0.0225 e. The molecule has 0 saturated carbocycles. The molecule has 0 aromatic carbocycles. The van der Waals surface area contributed by atoms with Gasteiger partial charge in [-0.2, -0.15) is 0 Å². The van der Waals surface area contributed by atoms with Gasteiger partial charge in [0.1, 0.15) is 0 Å². The van der Waals surface area contributed by atoms with Crippen LogP contribution >= 0.6 is 0 Å². The standard InChI is InChI=1S/C10H12N2/c1-3-11-9-6-8-2-4-12-10(8)5-7(1)9/h1,3,11-12H,2,4-6H2. The molecule has 1 aliphatic carbocycles. The van der Waals surface area contributed by atoms with Crippen molar-refractivity contribution in [2.24, 2.45) is 0 Å². The highest BCUT2D eigenvalue weighted by molar-refractivity contribution is 5.38. The largest absolute Gasteiger partial charge is 0.388 e. The maximum absolute atomic E-state index is 3.45. The Bertz CT molecular complexity index is 316. The molecule has 12 heavy (non-hydrogen) atoms. The summed E-state index contributed by atoms with van der Waals surface area (Å²) >= 11 is 0. The molecule has 0 spiro atoms. The Kier molecular flexibility index (Phi) is 1.14. The first-order chi connectivity index (χ1) is 5.93. The Hall–Kier alpha value is -1.18. The summed E-state index contributed by atoms with van der Waals surface area (Å²) in [5.41, 5.74) is 6.01. The second-order valence-corrected chi connectivity index (χ2v) is 3.59. The van der Waals surface area contributed by atoms with Crippen molar-refractivity contribution in [2.45, 2.75) is 19.3 Å². The Morgan fingerprint density at radius 1 is 1.25 bits per heavy atom. The van der Waals surface area contributed by atoms with E-state index < -0.39 is 0 Å². The average Bonchev–Trinajstić information content (AvgIpc) is 2.64. The highest BCUT2D eigenvalue weighted by Gasteiger charge is 2.21. The molecule has 0 radical (unpaired) electrons. The number of aromatic nitrogens is 1. The number of aromatic amines is 1. The summed E-state index contributed by atoms with van der Waals surface area (Å²) in [5.74, 6) is 0. The van der Waals surface area contributed by atoms with Crippen LogP contribution in [0.15, 0.2) is 23.5 Å². The molecular weight excluding hydrogens is 148 g/mol. The molecule has 0 fully saturated rings. The van der Waals surface area contributed by atoms with Crippen LogP contribution < -0.4 is 5.32 Å². The fourth-order valence-corrected chi connectivity index (χ4v) is 2.19. The Morgan fingerprint density at radius 3 is 3.25 bits per heavy atom. The zero-order chi connectivity index (χ0) is 7.97. The van der Waals surface area contributed by atoms with E-state index >= 15 is 0 Å². The summed E-state index contributed by atoms with van der Waals surface area (Å²) in [7, 11) is 0. The fraction of sp³-hybridized carbons (Fsp3) is 0.400. The van der Waals surface area contributed by atoms with Gasteiger partial charge in [-0.25, -0.2) is 0 Å². The van der Waals surface area contributed by atoms with Crippen LogP contribution in [0, 0.1) is 0 Å². The monoisotopic (exact) mass is 160 g/mol. The molecule has 2 heterocycles. The molecule has 1 aromatic heterocycles. The Morgan fingerprint density at radius 2 is 2.25 bits per heavy atom. The molecule has 0 atom stereocenters. The normalized spacial score (nSPS) is 20.3. The minimum Gasteiger partial charge on any atom is -0.388 e. The molecule has 2 aliphatic rings. The molecule has 0 unspecified atom stereocenters. The number of nitrogens with one attached hydrogen (secondary N) is 2. The van der Waals surface area contributed by atoms with Crippen molar-refractivity contribution in [3.8, 4) is 0 Å². The van der Waals surface area contributed by atoms with Gasteiger partial charge < -0.3 is 10.3 Å². The van der Waals surface area contributed by atoms with Crippen molar-refractivity contribution >= 4 is 0 Å². The van der Waals surface area contributed by atoms with Gasteiger partial charge >= 0.3 is 0 Å². The van der Waals surface area contributed by atoms with E-state index in [4.69, 9.17) is 0 Å². The smallest absolute Gasteiger partial charge is 0.0225 e. The summed E-state index contributed by atoms with van der Waals surface area (Å²) in [5, 5.41) is 3.45. The lowest BCUT2D eigenvalue weighted by Crippen LogP contribution is -2.13. The summed E-state index contributed by atoms with van der Waals surface area (Å²) in [6.07, 6.45) is 5.56. The van der Waals surface area contributed by atoms with Gasteiger partial charge in [0.05, 0.1) is 0 Å². The highest BCUT2D eigenvalue weighted by Crippen LogP contribution is 2.28. The fourth-order valence-electron chi connectivity index (χ4n) is 2.19. The number of hydrogen-bond acceptors (Lipinski definition) is 1. The quantitative estimate of drug-likeness (QED) is 0.589. The molecule has 3 rings (SSSR count). The summed E-state index contributed by atoms with van der Waals surface area (Å²) in [4.78, 5) is 3.31. The van der Waals surface area contributed by atoms with E-state index in [1.807, 2.05) is 6.20 Å². The van der Waals surface area contributed by atoms with Crippen molar-refractivity contribution < 1.29 is 0 Å². The van der Waals surface area contributed by atoms with E-state index in [0.29, 0.717) is 0 Å². The average molecular weight is 160 g/mol. The van der Waals surface area contributed by atoms with Gasteiger partial charge in [-0.05, 0) is 23.6 Å². The van der Waals surface area contributed by atoms with E-state index in [1.165, 1.54) is 23.4 Å². The summed E-state index contributed by atoms with van der Waals surface area (Å²) < 4.78 is 0. The van der Waals surface area contributed by atoms with E-state index in [-0.39, 0.29) is 0 Å². The summed E-state index contributed by atoms with van der Waals surface area (Å²) in [6, 6.07) is 2.19. The number of hydrogen-bond donors (Lipinski definition) is 2. The molecule has 2 nitrogen and oxygen atoms in total. The predicted octanol–water partition coefficient (Wildman–Crippen LogP) is 1.36. The Balaban J connectivity index is 2.03. The third-order valence-corrected chi connectivity index (χ3v) is 2.88. The lowest BCUT2D eigenvalue weighted by Gasteiger charge is -2.14. The van der Waals surface area contributed by atoms with Crippen molar-refractivity contribution in [2.75, 3.05) is 6.54 Å². The van der Waals surface area contributed by atoms with E-state index in [1.54, 1.807) is 5.57 Å².